The average Bonchev–Trinajstić information content (AvgIpc) is 3.17. The number of rotatable bonds is 2. The Morgan fingerprint density at radius 3 is 2.95 bits per heavy atom. The van der Waals surface area contributed by atoms with Gasteiger partial charge in [0.15, 0.2) is 0 Å². The normalized spacial score (nSPS) is 11.0. The summed E-state index contributed by atoms with van der Waals surface area (Å²) in [6.07, 6.45) is 0. The van der Waals surface area contributed by atoms with Gasteiger partial charge in [0, 0.05) is 27.9 Å². The van der Waals surface area contributed by atoms with Gasteiger partial charge >= 0.3 is 0 Å². The summed E-state index contributed by atoms with van der Waals surface area (Å²) in [5.41, 5.74) is 2.10. The fourth-order valence-corrected chi connectivity index (χ4v) is 2.86. The average molecular weight is 295 g/mol. The van der Waals surface area contributed by atoms with Crippen molar-refractivity contribution in [2.45, 2.75) is 0 Å². The lowest BCUT2D eigenvalue weighted by Gasteiger charge is -2.01. The predicted molar refractivity (Wildman–Crippen MR) is 81.2 cm³/mol. The molecule has 6 heteroatoms. The zero-order valence-electron chi connectivity index (χ0n) is 10.7. The van der Waals surface area contributed by atoms with Gasteiger partial charge in [-0.1, -0.05) is 23.4 Å². The van der Waals surface area contributed by atoms with Crippen molar-refractivity contribution in [2.75, 3.05) is 0 Å². The molecular weight excluding hydrogens is 286 g/mol. The third-order valence-electron chi connectivity index (χ3n) is 3.19. The van der Waals surface area contributed by atoms with E-state index in [0.717, 1.165) is 16.5 Å². The van der Waals surface area contributed by atoms with Crippen LogP contribution in [0.1, 0.15) is 0 Å². The van der Waals surface area contributed by atoms with Crippen LogP contribution in [0.3, 0.4) is 0 Å². The van der Waals surface area contributed by atoms with Crippen LogP contribution < -0.4 is 5.56 Å². The molecular formula is C15H9N3O2S. The molecule has 0 aliphatic rings. The van der Waals surface area contributed by atoms with Crippen LogP contribution in [0.25, 0.3) is 33.7 Å². The highest BCUT2D eigenvalue weighted by atomic mass is 32.1. The standard InChI is InChI=1S/C15H9N3O2S/c19-13-7-11(10-3-1-2-4-12(10)16-13)15-17-14(18-20-15)9-5-6-21-8-9/h1-8H,(H,16,19). The molecule has 0 bridgehead atoms. The van der Waals surface area contributed by atoms with Crippen molar-refractivity contribution in [3.8, 4) is 22.8 Å². The molecule has 102 valence electrons. The molecule has 4 rings (SSSR count). The van der Waals surface area contributed by atoms with Crippen LogP contribution in [0.5, 0.6) is 0 Å². The summed E-state index contributed by atoms with van der Waals surface area (Å²) in [4.78, 5) is 19.0. The zero-order chi connectivity index (χ0) is 14.2. The number of aromatic nitrogens is 3. The molecule has 3 heterocycles. The molecule has 0 saturated heterocycles. The van der Waals surface area contributed by atoms with E-state index in [1.54, 1.807) is 11.3 Å². The van der Waals surface area contributed by atoms with E-state index in [1.165, 1.54) is 6.07 Å². The fraction of sp³-hybridized carbons (Fsp3) is 0. The Morgan fingerprint density at radius 1 is 1.19 bits per heavy atom. The Hall–Kier alpha value is -2.73. The van der Waals surface area contributed by atoms with Crippen LogP contribution in [0, 0.1) is 0 Å². The van der Waals surface area contributed by atoms with Crippen molar-refractivity contribution in [3.63, 3.8) is 0 Å². The third kappa shape index (κ3) is 2.05. The van der Waals surface area contributed by atoms with Crippen LogP contribution in [0.4, 0.5) is 0 Å². The van der Waals surface area contributed by atoms with Crippen molar-refractivity contribution in [2.24, 2.45) is 0 Å². The Morgan fingerprint density at radius 2 is 2.10 bits per heavy atom. The number of fused-ring (bicyclic) bond motifs is 1. The van der Waals surface area contributed by atoms with Crippen LogP contribution in [-0.2, 0) is 0 Å². The highest BCUT2D eigenvalue weighted by molar-refractivity contribution is 7.08. The largest absolute Gasteiger partial charge is 0.334 e. The first-order valence-corrected chi connectivity index (χ1v) is 7.24. The number of nitrogens with one attached hydrogen (secondary N) is 1. The van der Waals surface area contributed by atoms with Crippen molar-refractivity contribution in [1.82, 2.24) is 15.1 Å². The van der Waals surface area contributed by atoms with Crippen LogP contribution in [0.2, 0.25) is 0 Å². The minimum absolute atomic E-state index is 0.195. The quantitative estimate of drug-likeness (QED) is 0.616. The Kier molecular flexibility index (Phi) is 2.68. The molecule has 21 heavy (non-hydrogen) atoms. The molecule has 0 fully saturated rings. The molecule has 1 N–H and O–H groups in total. The minimum atomic E-state index is -0.195. The number of pyridine rings is 1. The van der Waals surface area contributed by atoms with Gasteiger partial charge in [-0.15, -0.1) is 0 Å². The van der Waals surface area contributed by atoms with E-state index in [4.69, 9.17) is 4.52 Å². The number of para-hydroxylation sites is 1. The van der Waals surface area contributed by atoms with E-state index < -0.39 is 0 Å². The molecule has 0 aliphatic heterocycles. The topological polar surface area (TPSA) is 71.8 Å². The molecule has 5 nitrogen and oxygen atoms in total. The number of hydrogen-bond donors (Lipinski definition) is 1. The summed E-state index contributed by atoms with van der Waals surface area (Å²) >= 11 is 1.57. The number of thiophene rings is 1. The third-order valence-corrected chi connectivity index (χ3v) is 3.87. The van der Waals surface area contributed by atoms with E-state index in [-0.39, 0.29) is 5.56 Å². The summed E-state index contributed by atoms with van der Waals surface area (Å²) in [5.74, 6) is 0.870. The summed E-state index contributed by atoms with van der Waals surface area (Å²) in [7, 11) is 0. The van der Waals surface area contributed by atoms with Gasteiger partial charge in [0.05, 0.1) is 5.56 Å². The lowest BCUT2D eigenvalue weighted by molar-refractivity contribution is 0.432. The summed E-state index contributed by atoms with van der Waals surface area (Å²) < 4.78 is 5.33. The highest BCUT2D eigenvalue weighted by Crippen LogP contribution is 2.27. The SMILES string of the molecule is O=c1cc(-c2nc(-c3ccsc3)no2)c2ccccc2[nH]1. The second-order valence-electron chi connectivity index (χ2n) is 4.53. The molecule has 0 amide bonds. The number of aromatic amines is 1. The summed E-state index contributed by atoms with van der Waals surface area (Å²) in [6.45, 7) is 0. The molecule has 0 unspecified atom stereocenters. The van der Waals surface area contributed by atoms with Crippen molar-refractivity contribution in [1.29, 1.82) is 0 Å². The number of nitrogens with zero attached hydrogens (tertiary/aromatic N) is 2. The Labute approximate surface area is 122 Å². The Balaban J connectivity index is 1.93. The molecule has 0 spiro atoms. The van der Waals surface area contributed by atoms with Crippen LogP contribution in [0.15, 0.2) is 56.5 Å². The maximum Gasteiger partial charge on any atom is 0.259 e. The lowest BCUT2D eigenvalue weighted by atomic mass is 10.1. The smallest absolute Gasteiger partial charge is 0.259 e. The van der Waals surface area contributed by atoms with Gasteiger partial charge in [0.25, 0.3) is 5.89 Å². The minimum Gasteiger partial charge on any atom is -0.334 e. The van der Waals surface area contributed by atoms with Gasteiger partial charge in [0.1, 0.15) is 0 Å². The van der Waals surface area contributed by atoms with Gasteiger partial charge in [-0.2, -0.15) is 16.3 Å². The molecule has 0 radical (unpaired) electrons. The molecule has 4 aromatic rings. The van der Waals surface area contributed by atoms with Gasteiger partial charge in [-0.3, -0.25) is 4.79 Å². The number of H-pyrrole nitrogens is 1. The van der Waals surface area contributed by atoms with Crippen molar-refractivity contribution >= 4 is 22.2 Å². The fourth-order valence-electron chi connectivity index (χ4n) is 2.22. The molecule has 1 aromatic carbocycles. The molecule has 0 saturated carbocycles. The zero-order valence-corrected chi connectivity index (χ0v) is 11.6. The first-order chi connectivity index (χ1) is 10.3. The summed E-state index contributed by atoms with van der Waals surface area (Å²) in [5, 5.41) is 8.75. The van der Waals surface area contributed by atoms with Gasteiger partial charge in [-0.25, -0.2) is 0 Å². The van der Waals surface area contributed by atoms with Gasteiger partial charge in [0.2, 0.25) is 11.4 Å². The molecule has 0 atom stereocenters. The maximum atomic E-state index is 11.8. The van der Waals surface area contributed by atoms with E-state index in [1.807, 2.05) is 41.1 Å². The van der Waals surface area contributed by atoms with Crippen LogP contribution >= 0.6 is 11.3 Å². The first-order valence-electron chi connectivity index (χ1n) is 6.30. The van der Waals surface area contributed by atoms with E-state index in [9.17, 15) is 4.79 Å². The Bertz CT molecular complexity index is 970. The predicted octanol–water partition coefficient (Wildman–Crippen LogP) is 3.31. The monoisotopic (exact) mass is 295 g/mol. The molecule has 3 aromatic heterocycles. The molecule has 0 aliphatic carbocycles. The van der Waals surface area contributed by atoms with Crippen LogP contribution in [-0.4, -0.2) is 15.1 Å². The summed E-state index contributed by atoms with van der Waals surface area (Å²) in [6, 6.07) is 10.9. The van der Waals surface area contributed by atoms with E-state index in [2.05, 4.69) is 15.1 Å². The lowest BCUT2D eigenvalue weighted by Crippen LogP contribution is -2.04. The second kappa shape index (κ2) is 4.68. The first kappa shape index (κ1) is 12.0. The van der Waals surface area contributed by atoms with Crippen molar-refractivity contribution < 1.29 is 4.52 Å². The highest BCUT2D eigenvalue weighted by Gasteiger charge is 2.14. The second-order valence-corrected chi connectivity index (χ2v) is 5.31. The number of benzene rings is 1. The van der Waals surface area contributed by atoms with E-state index in [0.29, 0.717) is 17.3 Å². The van der Waals surface area contributed by atoms with Crippen molar-refractivity contribution in [3.05, 3.63) is 57.5 Å². The number of hydrogen-bond acceptors (Lipinski definition) is 5. The maximum absolute atomic E-state index is 11.8. The van der Waals surface area contributed by atoms with E-state index >= 15 is 0 Å². The van der Waals surface area contributed by atoms with Gasteiger partial charge < -0.3 is 9.51 Å². The van der Waals surface area contributed by atoms with Gasteiger partial charge in [-0.05, 0) is 17.5 Å².